The van der Waals surface area contributed by atoms with Gasteiger partial charge in [0, 0.05) is 13.0 Å². The second-order valence-corrected chi connectivity index (χ2v) is 9.61. The standard InChI is InChI=1S/C27H39N3O4/c1-6-23(31)20(15-19-11-8-7-9-12-19)28-27(32)21-16-22(30(29-21)17-18(2)3)26-24(33-4)13-10-14-25(26)34-5/h10,13-14,16,18-20H,6-9,11-12,15,17H2,1-5H3,(H,28,32)/t20-/m0/s1. The zero-order valence-electron chi connectivity index (χ0n) is 21.2. The Labute approximate surface area is 203 Å². The predicted molar refractivity (Wildman–Crippen MR) is 133 cm³/mol. The Balaban J connectivity index is 1.92. The molecule has 1 heterocycles. The molecule has 0 saturated heterocycles. The molecule has 1 aromatic carbocycles. The lowest BCUT2D eigenvalue weighted by Gasteiger charge is -2.26. The van der Waals surface area contributed by atoms with Crippen molar-refractivity contribution in [2.75, 3.05) is 14.2 Å². The number of nitrogens with one attached hydrogen (secondary N) is 1. The third-order valence-electron chi connectivity index (χ3n) is 6.57. The van der Waals surface area contributed by atoms with Gasteiger partial charge in [0.2, 0.25) is 0 Å². The van der Waals surface area contributed by atoms with E-state index < -0.39 is 6.04 Å². The second kappa shape index (κ2) is 12.0. The average Bonchev–Trinajstić information content (AvgIpc) is 3.25. The number of ether oxygens (including phenoxy) is 2. The molecule has 0 aliphatic heterocycles. The van der Waals surface area contributed by atoms with Crippen molar-refractivity contribution in [1.82, 2.24) is 15.1 Å². The van der Waals surface area contributed by atoms with Crippen LogP contribution >= 0.6 is 0 Å². The number of aromatic nitrogens is 2. The Bertz CT molecular complexity index is 954. The molecule has 1 aliphatic rings. The summed E-state index contributed by atoms with van der Waals surface area (Å²) in [4.78, 5) is 26.0. The number of Topliss-reactive ketones (excluding diaryl/α,β-unsaturated/α-hetero) is 1. The molecule has 0 radical (unpaired) electrons. The first-order valence-electron chi connectivity index (χ1n) is 12.5. The number of amides is 1. The first-order chi connectivity index (χ1) is 16.4. The van der Waals surface area contributed by atoms with Crippen LogP contribution in [0, 0.1) is 11.8 Å². The highest BCUT2D eigenvalue weighted by atomic mass is 16.5. The first-order valence-corrected chi connectivity index (χ1v) is 12.5. The van der Waals surface area contributed by atoms with Crippen LogP contribution in [0.1, 0.15) is 76.2 Å². The summed E-state index contributed by atoms with van der Waals surface area (Å²) in [6.07, 6.45) is 7.04. The lowest BCUT2D eigenvalue weighted by atomic mass is 9.83. The smallest absolute Gasteiger partial charge is 0.272 e. The van der Waals surface area contributed by atoms with Gasteiger partial charge in [0.1, 0.15) is 11.5 Å². The van der Waals surface area contributed by atoms with Gasteiger partial charge in [0.15, 0.2) is 11.5 Å². The highest BCUT2D eigenvalue weighted by Gasteiger charge is 2.27. The van der Waals surface area contributed by atoms with Crippen molar-refractivity contribution in [2.24, 2.45) is 11.8 Å². The Morgan fingerprint density at radius 3 is 2.32 bits per heavy atom. The zero-order valence-corrected chi connectivity index (χ0v) is 21.2. The molecule has 1 fully saturated rings. The molecule has 1 saturated carbocycles. The van der Waals surface area contributed by atoms with E-state index in [4.69, 9.17) is 9.47 Å². The van der Waals surface area contributed by atoms with Gasteiger partial charge in [-0.15, -0.1) is 0 Å². The number of carbonyl (C=O) groups excluding carboxylic acids is 2. The fourth-order valence-electron chi connectivity index (χ4n) is 4.82. The van der Waals surface area contributed by atoms with E-state index in [1.807, 2.05) is 29.8 Å². The van der Waals surface area contributed by atoms with Gasteiger partial charge in [-0.3, -0.25) is 14.3 Å². The van der Waals surface area contributed by atoms with Crippen LogP contribution in [0.2, 0.25) is 0 Å². The van der Waals surface area contributed by atoms with Gasteiger partial charge in [0.25, 0.3) is 5.91 Å². The number of carbonyl (C=O) groups is 2. The van der Waals surface area contributed by atoms with Crippen molar-refractivity contribution in [3.05, 3.63) is 30.0 Å². The topological polar surface area (TPSA) is 82.5 Å². The lowest BCUT2D eigenvalue weighted by Crippen LogP contribution is -2.42. The lowest BCUT2D eigenvalue weighted by molar-refractivity contribution is -0.121. The molecule has 1 aliphatic carbocycles. The molecule has 0 bridgehead atoms. The van der Waals surface area contributed by atoms with Gasteiger partial charge in [0.05, 0.1) is 31.5 Å². The van der Waals surface area contributed by atoms with Crippen LogP contribution in [-0.4, -0.2) is 41.7 Å². The van der Waals surface area contributed by atoms with E-state index in [-0.39, 0.29) is 11.7 Å². The summed E-state index contributed by atoms with van der Waals surface area (Å²) >= 11 is 0. The minimum absolute atomic E-state index is 0.0761. The third-order valence-corrected chi connectivity index (χ3v) is 6.57. The maximum Gasteiger partial charge on any atom is 0.272 e. The van der Waals surface area contributed by atoms with Crippen molar-refractivity contribution in [3.63, 3.8) is 0 Å². The maximum absolute atomic E-state index is 13.3. The monoisotopic (exact) mass is 469 g/mol. The van der Waals surface area contributed by atoms with E-state index in [1.54, 1.807) is 20.3 Å². The predicted octanol–water partition coefficient (Wildman–Crippen LogP) is 5.27. The summed E-state index contributed by atoms with van der Waals surface area (Å²) in [7, 11) is 3.22. The summed E-state index contributed by atoms with van der Waals surface area (Å²) < 4.78 is 13.0. The van der Waals surface area contributed by atoms with Crippen molar-refractivity contribution < 1.29 is 19.1 Å². The molecule has 2 aromatic rings. The number of benzene rings is 1. The number of hydrogen-bond acceptors (Lipinski definition) is 5. The summed E-state index contributed by atoms with van der Waals surface area (Å²) in [5.41, 5.74) is 1.79. The molecule has 1 atom stereocenters. The number of methoxy groups -OCH3 is 2. The number of hydrogen-bond donors (Lipinski definition) is 1. The highest BCUT2D eigenvalue weighted by Crippen LogP contribution is 2.39. The highest BCUT2D eigenvalue weighted by molar-refractivity contribution is 5.97. The van der Waals surface area contributed by atoms with Crippen LogP contribution in [0.3, 0.4) is 0 Å². The number of nitrogens with zero attached hydrogens (tertiary/aromatic N) is 2. The Morgan fingerprint density at radius 1 is 1.12 bits per heavy atom. The van der Waals surface area contributed by atoms with E-state index in [9.17, 15) is 9.59 Å². The third kappa shape index (κ3) is 6.19. The SMILES string of the molecule is CCC(=O)[C@H](CC1CCCCC1)NC(=O)c1cc(-c2c(OC)cccc2OC)n(CC(C)C)n1. The maximum atomic E-state index is 13.3. The van der Waals surface area contributed by atoms with Gasteiger partial charge < -0.3 is 14.8 Å². The molecular formula is C27H39N3O4. The van der Waals surface area contributed by atoms with E-state index in [1.165, 1.54) is 19.3 Å². The fraction of sp³-hybridized carbons (Fsp3) is 0.593. The van der Waals surface area contributed by atoms with Gasteiger partial charge in [-0.25, -0.2) is 0 Å². The molecule has 0 unspecified atom stereocenters. The quantitative estimate of drug-likeness (QED) is 0.485. The van der Waals surface area contributed by atoms with E-state index in [0.717, 1.165) is 24.1 Å². The van der Waals surface area contributed by atoms with Crippen molar-refractivity contribution in [3.8, 4) is 22.8 Å². The average molecular weight is 470 g/mol. The van der Waals surface area contributed by atoms with Crippen LogP contribution < -0.4 is 14.8 Å². The van der Waals surface area contributed by atoms with Crippen molar-refractivity contribution >= 4 is 11.7 Å². The van der Waals surface area contributed by atoms with Crippen LogP contribution in [0.5, 0.6) is 11.5 Å². The van der Waals surface area contributed by atoms with Gasteiger partial charge in [-0.2, -0.15) is 5.10 Å². The molecule has 3 rings (SSSR count). The Hall–Kier alpha value is -2.83. The van der Waals surface area contributed by atoms with Crippen LogP contribution in [0.4, 0.5) is 0 Å². The first kappa shape index (κ1) is 25.8. The van der Waals surface area contributed by atoms with Crippen LogP contribution in [-0.2, 0) is 11.3 Å². The number of rotatable bonds is 11. The Kier molecular flexibility index (Phi) is 9.13. The molecular weight excluding hydrogens is 430 g/mol. The van der Waals surface area contributed by atoms with E-state index >= 15 is 0 Å². The summed E-state index contributed by atoms with van der Waals surface area (Å²) in [6.45, 7) is 6.69. The molecule has 34 heavy (non-hydrogen) atoms. The van der Waals surface area contributed by atoms with Crippen molar-refractivity contribution in [2.45, 2.75) is 78.3 Å². The van der Waals surface area contributed by atoms with Crippen molar-refractivity contribution in [1.29, 1.82) is 0 Å². The molecule has 1 N–H and O–H groups in total. The summed E-state index contributed by atoms with van der Waals surface area (Å²) in [5, 5.41) is 7.65. The second-order valence-electron chi connectivity index (χ2n) is 9.61. The number of ketones is 1. The largest absolute Gasteiger partial charge is 0.496 e. The minimum atomic E-state index is -0.472. The summed E-state index contributed by atoms with van der Waals surface area (Å²) in [6, 6.07) is 6.89. The Morgan fingerprint density at radius 2 is 1.76 bits per heavy atom. The zero-order chi connectivity index (χ0) is 24.7. The minimum Gasteiger partial charge on any atom is -0.496 e. The van der Waals surface area contributed by atoms with Gasteiger partial charge in [-0.1, -0.05) is 58.9 Å². The van der Waals surface area contributed by atoms with Crippen LogP contribution in [0.15, 0.2) is 24.3 Å². The van der Waals surface area contributed by atoms with Crippen LogP contribution in [0.25, 0.3) is 11.3 Å². The van der Waals surface area contributed by atoms with Gasteiger partial charge >= 0.3 is 0 Å². The molecule has 7 nitrogen and oxygen atoms in total. The molecule has 0 spiro atoms. The van der Waals surface area contributed by atoms with Gasteiger partial charge in [-0.05, 0) is 36.5 Å². The molecule has 1 aromatic heterocycles. The molecule has 186 valence electrons. The molecule has 1 amide bonds. The van der Waals surface area contributed by atoms with E-state index in [2.05, 4.69) is 24.3 Å². The normalized spacial score (nSPS) is 15.2. The van der Waals surface area contributed by atoms with E-state index in [0.29, 0.717) is 48.4 Å². The summed E-state index contributed by atoms with van der Waals surface area (Å²) in [5.74, 6) is 1.85. The fourth-order valence-corrected chi connectivity index (χ4v) is 4.82. The molecule has 7 heteroatoms.